The number of nitrogens with one attached hydrogen (secondary N) is 1. The van der Waals surface area contributed by atoms with Crippen molar-refractivity contribution in [2.75, 3.05) is 7.05 Å². The van der Waals surface area contributed by atoms with Crippen molar-refractivity contribution >= 4 is 12.2 Å². The van der Waals surface area contributed by atoms with Crippen molar-refractivity contribution in [3.8, 4) is 0 Å². The smallest absolute Gasteiger partial charge is 0.220 e. The van der Waals surface area contributed by atoms with Crippen molar-refractivity contribution in [1.82, 2.24) is 4.90 Å². The molecule has 2 aromatic rings. The van der Waals surface area contributed by atoms with Gasteiger partial charge in [-0.15, -0.1) is 0 Å². The van der Waals surface area contributed by atoms with Crippen LogP contribution in [-0.4, -0.2) is 24.2 Å². The molecule has 3 heteroatoms. The predicted molar refractivity (Wildman–Crippen MR) is 78.6 cm³/mol. The Morgan fingerprint density at radius 3 is 2.05 bits per heavy atom. The molecule has 0 aliphatic carbocycles. The number of nitrogens with zero attached hydrogens (tertiary/aromatic N) is 1. The van der Waals surface area contributed by atoms with E-state index in [2.05, 4.69) is 29.3 Å². The number of urea groups is 1. The van der Waals surface area contributed by atoms with Gasteiger partial charge in [-0.2, -0.15) is 4.79 Å². The van der Waals surface area contributed by atoms with E-state index in [0.29, 0.717) is 0 Å². The van der Waals surface area contributed by atoms with Crippen LogP contribution in [0.15, 0.2) is 60.7 Å². The molecule has 0 bridgehead atoms. The summed E-state index contributed by atoms with van der Waals surface area (Å²) in [7, 11) is 1.84. The van der Waals surface area contributed by atoms with Crippen LogP contribution in [0.1, 0.15) is 23.1 Å². The second kappa shape index (κ2) is 5.29. The summed E-state index contributed by atoms with van der Waals surface area (Å²) >= 11 is 0. The average molecular weight is 265 g/mol. The lowest BCUT2D eigenvalue weighted by atomic mass is 9.86. The Labute approximate surface area is 118 Å². The molecule has 1 aliphatic rings. The molecular weight excluding hydrogens is 248 g/mol. The van der Waals surface area contributed by atoms with E-state index in [1.165, 1.54) is 5.56 Å². The molecule has 100 valence electrons. The molecular formula is C17H17N2O+. The van der Waals surface area contributed by atoms with E-state index in [4.69, 9.17) is 0 Å². The molecule has 0 radical (unpaired) electrons. The van der Waals surface area contributed by atoms with Crippen LogP contribution in [0.4, 0.5) is 4.79 Å². The van der Waals surface area contributed by atoms with E-state index in [-0.39, 0.29) is 18.0 Å². The molecule has 0 saturated carbocycles. The zero-order valence-electron chi connectivity index (χ0n) is 11.4. The molecule has 1 N–H and O–H groups in total. The van der Waals surface area contributed by atoms with Crippen molar-refractivity contribution in [1.29, 1.82) is 0 Å². The third-order valence-electron chi connectivity index (χ3n) is 3.79. The first-order chi connectivity index (χ1) is 9.77. The number of carbonyl (C=O) groups excluding carboxylic acids is 1. The Hall–Kier alpha value is -2.42. The van der Waals surface area contributed by atoms with Gasteiger partial charge in [-0.05, 0) is 11.1 Å². The lowest BCUT2D eigenvalue weighted by Gasteiger charge is -2.29. The van der Waals surface area contributed by atoms with Gasteiger partial charge < -0.3 is 0 Å². The second-order valence-electron chi connectivity index (χ2n) is 5.02. The molecule has 1 aliphatic heterocycles. The van der Waals surface area contributed by atoms with Gasteiger partial charge in [0.25, 0.3) is 0 Å². The maximum absolute atomic E-state index is 11.9. The average Bonchev–Trinajstić information content (AvgIpc) is 2.51. The van der Waals surface area contributed by atoms with Crippen LogP contribution in [0, 0.1) is 0 Å². The lowest BCUT2D eigenvalue weighted by molar-refractivity contribution is -0.359. The first-order valence-corrected chi connectivity index (χ1v) is 6.74. The number of hydrogen-bond donors (Lipinski definition) is 1. The molecule has 1 heterocycles. The van der Waals surface area contributed by atoms with Crippen LogP contribution < -0.4 is 4.99 Å². The maximum Gasteiger partial charge on any atom is 0.490 e. The first kappa shape index (κ1) is 12.6. The minimum absolute atomic E-state index is 0.0207. The molecule has 2 atom stereocenters. The minimum Gasteiger partial charge on any atom is -0.220 e. The summed E-state index contributed by atoms with van der Waals surface area (Å²) < 4.78 is 0. The number of rotatable bonds is 2. The third kappa shape index (κ3) is 2.23. The summed E-state index contributed by atoms with van der Waals surface area (Å²) in [6.45, 7) is 0. The first-order valence-electron chi connectivity index (χ1n) is 6.74. The quantitative estimate of drug-likeness (QED) is 0.881. The third-order valence-corrected chi connectivity index (χ3v) is 3.79. The summed E-state index contributed by atoms with van der Waals surface area (Å²) in [5, 5.41) is 0. The van der Waals surface area contributed by atoms with Gasteiger partial charge >= 0.3 is 6.03 Å². The number of carbonyl (C=O) groups is 1. The highest BCUT2D eigenvalue weighted by Gasteiger charge is 2.39. The van der Waals surface area contributed by atoms with E-state index in [0.717, 1.165) is 5.56 Å². The molecule has 3 nitrogen and oxygen atoms in total. The largest absolute Gasteiger partial charge is 0.490 e. The summed E-state index contributed by atoms with van der Waals surface area (Å²) in [4.78, 5) is 16.6. The minimum atomic E-state index is -0.0639. The van der Waals surface area contributed by atoms with Gasteiger partial charge in [0, 0.05) is 0 Å². The molecule has 0 saturated heterocycles. The SMILES string of the molecule is CN1C(=O)[NH+]=CC(c2ccccc2)C1c1ccccc1. The summed E-state index contributed by atoms with van der Waals surface area (Å²) in [5.74, 6) is 0.140. The molecule has 0 fully saturated rings. The van der Waals surface area contributed by atoms with Crippen molar-refractivity contribution in [3.63, 3.8) is 0 Å². The highest BCUT2D eigenvalue weighted by atomic mass is 16.2. The number of amides is 2. The molecule has 2 aromatic carbocycles. The fourth-order valence-electron chi connectivity index (χ4n) is 2.76. The lowest BCUT2D eigenvalue weighted by Crippen LogP contribution is -2.81. The molecule has 3 rings (SSSR count). The van der Waals surface area contributed by atoms with Crippen molar-refractivity contribution < 1.29 is 9.79 Å². The van der Waals surface area contributed by atoms with Crippen molar-refractivity contribution in [2.24, 2.45) is 0 Å². The number of likely N-dealkylation sites (N-methyl/N-ethyl adjacent to an activating group) is 1. The van der Waals surface area contributed by atoms with Gasteiger partial charge in [-0.3, -0.25) is 0 Å². The fraction of sp³-hybridized carbons (Fsp3) is 0.176. The van der Waals surface area contributed by atoms with Crippen molar-refractivity contribution in [2.45, 2.75) is 12.0 Å². The summed E-state index contributed by atoms with van der Waals surface area (Å²) in [6, 6.07) is 20.4. The zero-order chi connectivity index (χ0) is 13.9. The maximum atomic E-state index is 11.9. The van der Waals surface area contributed by atoms with Gasteiger partial charge in [0.1, 0.15) is 6.04 Å². The summed E-state index contributed by atoms with van der Waals surface area (Å²) in [6.07, 6.45) is 1.90. The predicted octanol–water partition coefficient (Wildman–Crippen LogP) is 1.73. The molecule has 20 heavy (non-hydrogen) atoms. The zero-order valence-corrected chi connectivity index (χ0v) is 11.4. The van der Waals surface area contributed by atoms with Gasteiger partial charge in [-0.1, -0.05) is 60.7 Å². The van der Waals surface area contributed by atoms with E-state index < -0.39 is 0 Å². The van der Waals surface area contributed by atoms with Crippen LogP contribution in [0.25, 0.3) is 0 Å². The van der Waals surface area contributed by atoms with Crippen LogP contribution in [0.2, 0.25) is 0 Å². The Kier molecular flexibility index (Phi) is 3.33. The van der Waals surface area contributed by atoms with Gasteiger partial charge in [0.05, 0.1) is 19.2 Å². The van der Waals surface area contributed by atoms with Crippen LogP contribution >= 0.6 is 0 Å². The Bertz CT molecular complexity index is 622. The highest BCUT2D eigenvalue weighted by molar-refractivity contribution is 5.77. The van der Waals surface area contributed by atoms with E-state index in [9.17, 15) is 4.79 Å². The van der Waals surface area contributed by atoms with Crippen LogP contribution in [0.5, 0.6) is 0 Å². The highest BCUT2D eigenvalue weighted by Crippen LogP contribution is 2.34. The van der Waals surface area contributed by atoms with Crippen LogP contribution in [0.3, 0.4) is 0 Å². The molecule has 2 amide bonds. The molecule has 0 aromatic heterocycles. The Morgan fingerprint density at radius 2 is 1.45 bits per heavy atom. The van der Waals surface area contributed by atoms with Crippen molar-refractivity contribution in [3.05, 3.63) is 71.8 Å². The standard InChI is InChI=1S/C17H16N2O/c1-19-16(14-10-6-3-7-11-14)15(12-18-17(19)20)13-8-4-2-5-9-13/h2-12,15-16H,1H3/p+1. The summed E-state index contributed by atoms with van der Waals surface area (Å²) in [5.41, 5.74) is 2.35. The van der Waals surface area contributed by atoms with E-state index in [1.54, 1.807) is 4.90 Å². The number of benzene rings is 2. The Balaban J connectivity index is 2.07. The van der Waals surface area contributed by atoms with E-state index >= 15 is 0 Å². The monoisotopic (exact) mass is 265 g/mol. The number of hydrogen-bond acceptors (Lipinski definition) is 1. The normalized spacial score (nSPS) is 22.1. The van der Waals surface area contributed by atoms with E-state index in [1.807, 2.05) is 49.7 Å². The molecule has 2 unspecified atom stereocenters. The molecule has 0 spiro atoms. The van der Waals surface area contributed by atoms with Gasteiger partial charge in [0.2, 0.25) is 0 Å². The topological polar surface area (TPSA) is 34.3 Å². The fourth-order valence-corrected chi connectivity index (χ4v) is 2.76. The Morgan fingerprint density at radius 1 is 0.900 bits per heavy atom. The van der Waals surface area contributed by atoms with Crippen LogP contribution in [-0.2, 0) is 0 Å². The second-order valence-corrected chi connectivity index (χ2v) is 5.02. The van der Waals surface area contributed by atoms with Gasteiger partial charge in [0.15, 0.2) is 0 Å². The van der Waals surface area contributed by atoms with Gasteiger partial charge in [-0.25, -0.2) is 9.89 Å².